The summed E-state index contributed by atoms with van der Waals surface area (Å²) in [4.78, 5) is 1.62. The van der Waals surface area contributed by atoms with Gasteiger partial charge in [0.25, 0.3) is 0 Å². The molecule has 0 spiro atoms. The van der Waals surface area contributed by atoms with Crippen molar-refractivity contribution in [1.29, 1.82) is 0 Å². The van der Waals surface area contributed by atoms with Crippen LogP contribution >= 0.6 is 0 Å². The van der Waals surface area contributed by atoms with Crippen molar-refractivity contribution in [3.05, 3.63) is 24.3 Å². The van der Waals surface area contributed by atoms with E-state index in [-0.39, 0.29) is 5.75 Å². The molecule has 2 aromatic rings. The molecule has 10 heavy (non-hydrogen) atoms. The van der Waals surface area contributed by atoms with Crippen LogP contribution in [0.3, 0.4) is 0 Å². The molecule has 0 saturated carbocycles. The number of aromatic amines is 2. The molecule has 0 saturated heterocycles. The summed E-state index contributed by atoms with van der Waals surface area (Å²) in [7, 11) is 0. The van der Waals surface area contributed by atoms with E-state index in [4.69, 9.17) is 0 Å². The Hall–Kier alpha value is -1.58. The van der Waals surface area contributed by atoms with Crippen molar-refractivity contribution in [1.82, 2.24) is 15.2 Å². The molecule has 4 nitrogen and oxygen atoms in total. The Kier molecular flexibility index (Phi) is 0.887. The number of benzene rings is 1. The van der Waals surface area contributed by atoms with Gasteiger partial charge < -0.3 is 5.11 Å². The topological polar surface area (TPSA) is 56.7 Å². The lowest BCUT2D eigenvalue weighted by Gasteiger charge is -1.94. The number of nitrogens with zero attached hydrogens (tertiary/aromatic N) is 1. The summed E-state index contributed by atoms with van der Waals surface area (Å²) in [5, 5.41) is 14.6. The standard InChI is InChI=1S/C6H7N3O/c10-6-4-2-1-3-5(6)9-7-8-9/h1-4,7-8,10H. The largest absolute Gasteiger partial charge is 0.506 e. The predicted molar refractivity (Wildman–Crippen MR) is 36.1 cm³/mol. The molecule has 0 bridgehead atoms. The lowest BCUT2D eigenvalue weighted by Crippen LogP contribution is -1.82. The number of H-pyrrole nitrogens is 2. The maximum atomic E-state index is 9.20. The van der Waals surface area contributed by atoms with E-state index in [1.807, 2.05) is 12.1 Å². The number of hydrogen-bond donors (Lipinski definition) is 3. The van der Waals surface area contributed by atoms with Gasteiger partial charge in [-0.1, -0.05) is 12.1 Å². The minimum Gasteiger partial charge on any atom is -0.506 e. The van der Waals surface area contributed by atoms with Crippen molar-refractivity contribution in [2.75, 3.05) is 0 Å². The van der Waals surface area contributed by atoms with Gasteiger partial charge in [-0.2, -0.15) is 4.80 Å². The van der Waals surface area contributed by atoms with Crippen LogP contribution in [0.15, 0.2) is 24.3 Å². The maximum absolute atomic E-state index is 9.20. The number of nitrogens with one attached hydrogen (secondary N) is 2. The minimum absolute atomic E-state index is 0.264. The summed E-state index contributed by atoms with van der Waals surface area (Å²) >= 11 is 0. The van der Waals surface area contributed by atoms with E-state index in [0.717, 1.165) is 5.69 Å². The number of rotatable bonds is 1. The number of phenols is 1. The Labute approximate surface area is 57.0 Å². The predicted octanol–water partition coefficient (Wildman–Crippen LogP) is 0.839. The van der Waals surface area contributed by atoms with Crippen molar-refractivity contribution in [2.45, 2.75) is 0 Å². The molecule has 3 N–H and O–H groups in total. The van der Waals surface area contributed by atoms with Crippen molar-refractivity contribution < 1.29 is 5.11 Å². The van der Waals surface area contributed by atoms with Crippen molar-refractivity contribution in [3.8, 4) is 11.4 Å². The molecule has 0 radical (unpaired) electrons. The van der Waals surface area contributed by atoms with Gasteiger partial charge in [-0.15, -0.1) is 0 Å². The number of phenolic OH excluding ortho intramolecular Hbond substituents is 1. The summed E-state index contributed by atoms with van der Waals surface area (Å²) in [6.07, 6.45) is 0. The van der Waals surface area contributed by atoms with E-state index in [1.165, 1.54) is 0 Å². The van der Waals surface area contributed by atoms with Crippen LogP contribution in [0, 0.1) is 0 Å². The van der Waals surface area contributed by atoms with Crippen LogP contribution < -0.4 is 0 Å². The fourth-order valence-corrected chi connectivity index (χ4v) is 0.799. The summed E-state index contributed by atoms with van der Waals surface area (Å²) in [6.45, 7) is 0. The highest BCUT2D eigenvalue weighted by molar-refractivity contribution is 5.43. The molecule has 0 aliphatic rings. The van der Waals surface area contributed by atoms with Crippen molar-refractivity contribution in [2.24, 2.45) is 0 Å². The third-order valence-corrected chi connectivity index (χ3v) is 1.35. The highest BCUT2D eigenvalue weighted by Gasteiger charge is 2.02. The summed E-state index contributed by atoms with van der Waals surface area (Å²) in [5.41, 5.74) is 0.738. The highest BCUT2D eigenvalue weighted by Crippen LogP contribution is 2.18. The number of hydrogen-bond acceptors (Lipinski definition) is 1. The molecule has 52 valence electrons. The molecule has 0 atom stereocenters. The molecule has 1 heterocycles. The summed E-state index contributed by atoms with van der Waals surface area (Å²) < 4.78 is 0. The lowest BCUT2D eigenvalue weighted by atomic mass is 10.3. The molecular weight excluding hydrogens is 130 g/mol. The van der Waals surface area contributed by atoms with E-state index in [2.05, 4.69) is 10.4 Å². The van der Waals surface area contributed by atoms with Crippen molar-refractivity contribution in [3.63, 3.8) is 0 Å². The first-order valence-electron chi connectivity index (χ1n) is 2.97. The number of aromatic hydroxyl groups is 1. The molecule has 2 rings (SSSR count). The van der Waals surface area contributed by atoms with Gasteiger partial charge in [0.1, 0.15) is 11.4 Å². The van der Waals surface area contributed by atoms with Gasteiger partial charge >= 0.3 is 0 Å². The van der Waals surface area contributed by atoms with Gasteiger partial charge in [0.05, 0.1) is 0 Å². The summed E-state index contributed by atoms with van der Waals surface area (Å²) in [6, 6.07) is 7.08. The Balaban J connectivity index is 2.53. The quantitative estimate of drug-likeness (QED) is 0.536. The Bertz CT molecular complexity index is 309. The normalized spacial score (nSPS) is 10.4. The summed E-state index contributed by atoms with van der Waals surface area (Å²) in [5.74, 6) is 0.264. The monoisotopic (exact) mass is 137 g/mol. The zero-order chi connectivity index (χ0) is 6.97. The van der Waals surface area contributed by atoms with E-state index in [0.29, 0.717) is 0 Å². The molecule has 0 amide bonds. The molecular formula is C6H7N3O. The van der Waals surface area contributed by atoms with Crippen LogP contribution in [0.25, 0.3) is 5.69 Å². The van der Waals surface area contributed by atoms with Gasteiger partial charge in [-0.05, 0) is 12.1 Å². The fraction of sp³-hybridized carbons (Fsp3) is 0. The third kappa shape index (κ3) is 0.699. The van der Waals surface area contributed by atoms with Crippen LogP contribution in [0.4, 0.5) is 0 Å². The highest BCUT2D eigenvalue weighted by atomic mass is 16.3. The molecule has 0 aliphatic heterocycles. The fourth-order valence-electron chi connectivity index (χ4n) is 0.799. The zero-order valence-corrected chi connectivity index (χ0v) is 5.20. The van der Waals surface area contributed by atoms with Gasteiger partial charge in [0.2, 0.25) is 0 Å². The van der Waals surface area contributed by atoms with E-state index in [9.17, 15) is 5.11 Å². The van der Waals surface area contributed by atoms with Gasteiger partial charge in [0, 0.05) is 0 Å². The Morgan fingerprint density at radius 3 is 2.50 bits per heavy atom. The van der Waals surface area contributed by atoms with Crippen LogP contribution in [-0.2, 0) is 0 Å². The van der Waals surface area contributed by atoms with Gasteiger partial charge in [-0.25, -0.2) is 10.4 Å². The van der Waals surface area contributed by atoms with Gasteiger partial charge in [0.15, 0.2) is 0 Å². The van der Waals surface area contributed by atoms with E-state index < -0.39 is 0 Å². The zero-order valence-electron chi connectivity index (χ0n) is 5.20. The lowest BCUT2D eigenvalue weighted by molar-refractivity contribution is 0.472. The second-order valence-electron chi connectivity index (χ2n) is 2.05. The van der Waals surface area contributed by atoms with E-state index >= 15 is 0 Å². The molecule has 0 unspecified atom stereocenters. The smallest absolute Gasteiger partial charge is 0.143 e. The second kappa shape index (κ2) is 1.70. The minimum atomic E-state index is 0.264. The first-order valence-corrected chi connectivity index (χ1v) is 2.97. The van der Waals surface area contributed by atoms with Gasteiger partial charge in [-0.3, -0.25) is 0 Å². The third-order valence-electron chi connectivity index (χ3n) is 1.35. The Morgan fingerprint density at radius 1 is 1.20 bits per heavy atom. The molecule has 0 fully saturated rings. The first-order chi connectivity index (χ1) is 4.88. The second-order valence-corrected chi connectivity index (χ2v) is 2.05. The molecule has 4 heteroatoms. The van der Waals surface area contributed by atoms with Crippen LogP contribution in [0.5, 0.6) is 5.75 Å². The van der Waals surface area contributed by atoms with E-state index in [1.54, 1.807) is 16.9 Å². The average Bonchev–Trinajstić information content (AvgIpc) is 2.71. The molecule has 1 aromatic heterocycles. The SMILES string of the molecule is Oc1ccccc1-n1[nH][nH]1. The first kappa shape index (κ1) is 5.22. The Morgan fingerprint density at radius 2 is 1.90 bits per heavy atom. The van der Waals surface area contributed by atoms with Crippen molar-refractivity contribution >= 4 is 0 Å². The average molecular weight is 137 g/mol. The molecule has 1 aromatic carbocycles. The van der Waals surface area contributed by atoms with Crippen LogP contribution in [0.1, 0.15) is 0 Å². The molecule has 0 aliphatic carbocycles. The maximum Gasteiger partial charge on any atom is 0.143 e. The van der Waals surface area contributed by atoms with Crippen LogP contribution in [0.2, 0.25) is 0 Å². The van der Waals surface area contributed by atoms with Crippen LogP contribution in [-0.4, -0.2) is 20.3 Å². The number of para-hydroxylation sites is 2. The number of aromatic nitrogens is 3.